The van der Waals surface area contributed by atoms with Gasteiger partial charge in [-0.1, -0.05) is 25.8 Å². The second-order valence-corrected chi connectivity index (χ2v) is 6.79. The molecular weight excluding hydrogens is 257 g/mol. The molecule has 2 rings (SSSR count). The first-order valence-electron chi connectivity index (χ1n) is 7.32. The highest BCUT2D eigenvalue weighted by Crippen LogP contribution is 2.38. The van der Waals surface area contributed by atoms with E-state index in [4.69, 9.17) is 0 Å². The smallest absolute Gasteiger partial charge is 0.124 e. The van der Waals surface area contributed by atoms with E-state index < -0.39 is 0 Å². The van der Waals surface area contributed by atoms with Crippen LogP contribution in [0.15, 0.2) is 29.2 Å². The minimum Gasteiger partial charge on any atom is -0.316 e. The van der Waals surface area contributed by atoms with Crippen molar-refractivity contribution in [3.8, 4) is 0 Å². The van der Waals surface area contributed by atoms with Gasteiger partial charge in [-0.2, -0.15) is 0 Å². The molecule has 1 aromatic rings. The summed E-state index contributed by atoms with van der Waals surface area (Å²) in [6, 6.07) is 7.55. The van der Waals surface area contributed by atoms with Gasteiger partial charge in [0.15, 0.2) is 0 Å². The van der Waals surface area contributed by atoms with Crippen LogP contribution in [0.5, 0.6) is 0 Å². The maximum atomic E-state index is 13.3. The maximum Gasteiger partial charge on any atom is 0.124 e. The molecule has 1 aromatic carbocycles. The summed E-state index contributed by atoms with van der Waals surface area (Å²) in [5, 5.41) is 4.00. The number of hydrogen-bond acceptors (Lipinski definition) is 2. The van der Waals surface area contributed by atoms with Crippen LogP contribution in [0.2, 0.25) is 0 Å². The van der Waals surface area contributed by atoms with E-state index in [1.807, 2.05) is 24.9 Å². The highest BCUT2D eigenvalue weighted by Gasteiger charge is 2.29. The lowest BCUT2D eigenvalue weighted by Gasteiger charge is -2.35. The van der Waals surface area contributed by atoms with Crippen molar-refractivity contribution >= 4 is 11.8 Å². The number of halogens is 1. The Morgan fingerprint density at radius 3 is 2.89 bits per heavy atom. The van der Waals surface area contributed by atoms with Crippen LogP contribution in [0.3, 0.4) is 0 Å². The summed E-state index contributed by atoms with van der Waals surface area (Å²) in [5.74, 6) is 0.715. The van der Waals surface area contributed by atoms with Gasteiger partial charge in [-0.25, -0.2) is 4.39 Å². The van der Waals surface area contributed by atoms with Gasteiger partial charge in [-0.05, 0) is 50.4 Å². The van der Waals surface area contributed by atoms with Crippen LogP contribution < -0.4 is 5.32 Å². The van der Waals surface area contributed by atoms with Gasteiger partial charge in [0.05, 0.1) is 0 Å². The molecule has 106 valence electrons. The molecule has 0 spiro atoms. The molecular formula is C16H24FNS. The predicted octanol–water partition coefficient (Wildman–Crippen LogP) is 4.47. The van der Waals surface area contributed by atoms with Crippen molar-refractivity contribution in [2.45, 2.75) is 55.2 Å². The maximum absolute atomic E-state index is 13.3. The van der Waals surface area contributed by atoms with Crippen molar-refractivity contribution < 1.29 is 4.39 Å². The zero-order valence-electron chi connectivity index (χ0n) is 11.9. The Morgan fingerprint density at radius 2 is 2.21 bits per heavy atom. The molecule has 19 heavy (non-hydrogen) atoms. The molecule has 3 heteroatoms. The van der Waals surface area contributed by atoms with E-state index in [1.54, 1.807) is 12.1 Å². The fourth-order valence-corrected chi connectivity index (χ4v) is 4.55. The average Bonchev–Trinajstić information content (AvgIpc) is 2.39. The van der Waals surface area contributed by atoms with Gasteiger partial charge in [0.1, 0.15) is 5.82 Å². The molecule has 1 saturated carbocycles. The highest BCUT2D eigenvalue weighted by molar-refractivity contribution is 8.00. The number of nitrogens with one attached hydrogen (secondary N) is 1. The molecule has 1 nitrogen and oxygen atoms in total. The van der Waals surface area contributed by atoms with Gasteiger partial charge in [0.2, 0.25) is 0 Å². The second kappa shape index (κ2) is 7.30. The first-order valence-corrected chi connectivity index (χ1v) is 8.20. The van der Waals surface area contributed by atoms with Gasteiger partial charge in [0.25, 0.3) is 0 Å². The third-order valence-electron chi connectivity index (χ3n) is 4.05. The van der Waals surface area contributed by atoms with E-state index in [0.717, 1.165) is 10.8 Å². The largest absolute Gasteiger partial charge is 0.316 e. The summed E-state index contributed by atoms with van der Waals surface area (Å²) in [6.45, 7) is 2.26. The molecule has 0 bridgehead atoms. The van der Waals surface area contributed by atoms with Crippen LogP contribution >= 0.6 is 11.8 Å². The lowest BCUT2D eigenvalue weighted by molar-refractivity contribution is 0.295. The lowest BCUT2D eigenvalue weighted by atomic mass is 9.83. The van der Waals surface area contributed by atoms with E-state index in [2.05, 4.69) is 12.2 Å². The molecule has 0 aromatic heterocycles. The van der Waals surface area contributed by atoms with Crippen LogP contribution in [0.4, 0.5) is 4.39 Å². The summed E-state index contributed by atoms with van der Waals surface area (Å²) in [7, 11) is 2.05. The summed E-state index contributed by atoms with van der Waals surface area (Å²) >= 11 is 1.84. The number of benzene rings is 1. The van der Waals surface area contributed by atoms with Gasteiger partial charge >= 0.3 is 0 Å². The van der Waals surface area contributed by atoms with Crippen molar-refractivity contribution in [2.75, 3.05) is 7.05 Å². The number of thioether (sulfide) groups is 1. The fraction of sp³-hybridized carbons (Fsp3) is 0.625. The molecule has 0 aliphatic heterocycles. The van der Waals surface area contributed by atoms with E-state index in [1.165, 1.54) is 38.2 Å². The van der Waals surface area contributed by atoms with Crippen molar-refractivity contribution in [3.05, 3.63) is 30.1 Å². The van der Waals surface area contributed by atoms with E-state index in [9.17, 15) is 4.39 Å². The molecule has 1 fully saturated rings. The molecule has 3 unspecified atom stereocenters. The Balaban J connectivity index is 2.01. The topological polar surface area (TPSA) is 12.0 Å². The normalized spacial score (nSPS) is 27.4. The molecule has 1 aliphatic carbocycles. The quantitative estimate of drug-likeness (QED) is 0.854. The van der Waals surface area contributed by atoms with Crippen LogP contribution in [-0.2, 0) is 0 Å². The van der Waals surface area contributed by atoms with Crippen molar-refractivity contribution in [1.82, 2.24) is 5.32 Å². The van der Waals surface area contributed by atoms with E-state index in [-0.39, 0.29) is 5.82 Å². The average molecular weight is 281 g/mol. The monoisotopic (exact) mass is 281 g/mol. The minimum absolute atomic E-state index is 0.132. The van der Waals surface area contributed by atoms with Gasteiger partial charge in [-0.15, -0.1) is 11.8 Å². The molecule has 0 heterocycles. The molecule has 1 N–H and O–H groups in total. The molecule has 0 amide bonds. The Bertz CT molecular complexity index is 396. The standard InChI is InChI=1S/C16H24FNS/c1-3-5-12-8-9-15(18-2)16(10-12)19-14-7-4-6-13(17)11-14/h4,6-7,11-12,15-16,18H,3,5,8-10H2,1-2H3. The number of rotatable bonds is 5. The Kier molecular flexibility index (Phi) is 5.71. The van der Waals surface area contributed by atoms with Crippen molar-refractivity contribution in [2.24, 2.45) is 5.92 Å². The van der Waals surface area contributed by atoms with E-state index >= 15 is 0 Å². The Hall–Kier alpha value is -0.540. The summed E-state index contributed by atoms with van der Waals surface area (Å²) < 4.78 is 13.3. The Morgan fingerprint density at radius 1 is 1.37 bits per heavy atom. The van der Waals surface area contributed by atoms with Gasteiger partial charge in [0, 0.05) is 16.2 Å². The lowest BCUT2D eigenvalue weighted by Crippen LogP contribution is -2.40. The highest BCUT2D eigenvalue weighted by atomic mass is 32.2. The van der Waals surface area contributed by atoms with Crippen molar-refractivity contribution in [3.63, 3.8) is 0 Å². The fourth-order valence-electron chi connectivity index (χ4n) is 3.06. The summed E-state index contributed by atoms with van der Waals surface area (Å²) in [6.07, 6.45) is 6.43. The van der Waals surface area contributed by atoms with Crippen LogP contribution in [-0.4, -0.2) is 18.3 Å². The van der Waals surface area contributed by atoms with Crippen LogP contribution in [0.25, 0.3) is 0 Å². The zero-order valence-corrected chi connectivity index (χ0v) is 12.7. The third kappa shape index (κ3) is 4.22. The summed E-state index contributed by atoms with van der Waals surface area (Å²) in [4.78, 5) is 1.06. The van der Waals surface area contributed by atoms with Crippen LogP contribution in [0, 0.1) is 11.7 Å². The third-order valence-corrected chi connectivity index (χ3v) is 5.40. The minimum atomic E-state index is -0.132. The predicted molar refractivity (Wildman–Crippen MR) is 81.1 cm³/mol. The molecule has 0 radical (unpaired) electrons. The zero-order chi connectivity index (χ0) is 13.7. The van der Waals surface area contributed by atoms with E-state index in [0.29, 0.717) is 11.3 Å². The number of hydrogen-bond donors (Lipinski definition) is 1. The SMILES string of the molecule is CCCC1CCC(NC)C(Sc2cccc(F)c2)C1. The van der Waals surface area contributed by atoms with Crippen LogP contribution in [0.1, 0.15) is 39.0 Å². The first-order chi connectivity index (χ1) is 9.22. The molecule has 1 aliphatic rings. The molecule has 0 saturated heterocycles. The second-order valence-electron chi connectivity index (χ2n) is 5.48. The first kappa shape index (κ1) is 14.9. The summed E-state index contributed by atoms with van der Waals surface area (Å²) in [5.41, 5.74) is 0. The van der Waals surface area contributed by atoms with Gasteiger partial charge in [-0.3, -0.25) is 0 Å². The van der Waals surface area contributed by atoms with Crippen molar-refractivity contribution in [1.29, 1.82) is 0 Å². The van der Waals surface area contributed by atoms with Gasteiger partial charge < -0.3 is 5.32 Å². The Labute approximate surface area is 120 Å². The molecule has 3 atom stereocenters.